The molecule has 1 aromatic heterocycles. The van der Waals surface area contributed by atoms with Gasteiger partial charge in [-0.15, -0.1) is 10.2 Å². The van der Waals surface area contributed by atoms with Crippen LogP contribution in [0, 0.1) is 12.7 Å². The SMILES string of the molecule is Cc1cc(NC(C)c2nn[nH]n2)c(N)cc1F. The minimum Gasteiger partial charge on any atom is -0.397 e. The zero-order chi connectivity index (χ0) is 12.4. The Balaban J connectivity index is 2.22. The molecule has 1 heterocycles. The zero-order valence-corrected chi connectivity index (χ0v) is 9.53. The molecule has 0 spiro atoms. The van der Waals surface area contributed by atoms with Crippen LogP contribution in [0.3, 0.4) is 0 Å². The van der Waals surface area contributed by atoms with Crippen LogP contribution in [0.25, 0.3) is 0 Å². The molecule has 6 nitrogen and oxygen atoms in total. The van der Waals surface area contributed by atoms with Gasteiger partial charge in [0.05, 0.1) is 17.4 Å². The molecule has 2 aromatic rings. The predicted molar refractivity (Wildman–Crippen MR) is 61.8 cm³/mol. The average Bonchev–Trinajstić information content (AvgIpc) is 2.79. The lowest BCUT2D eigenvalue weighted by atomic mass is 10.1. The molecule has 7 heteroatoms. The highest BCUT2D eigenvalue weighted by Crippen LogP contribution is 2.25. The van der Waals surface area contributed by atoms with Gasteiger partial charge >= 0.3 is 0 Å². The summed E-state index contributed by atoms with van der Waals surface area (Å²) in [6, 6.07) is 2.78. The summed E-state index contributed by atoms with van der Waals surface area (Å²) in [4.78, 5) is 0. The Labute approximate surface area is 97.4 Å². The predicted octanol–water partition coefficient (Wildman–Crippen LogP) is 1.40. The molecule has 0 fully saturated rings. The Kier molecular flexibility index (Phi) is 2.90. The van der Waals surface area contributed by atoms with Crippen LogP contribution in [0.2, 0.25) is 0 Å². The number of aromatic nitrogens is 4. The van der Waals surface area contributed by atoms with E-state index in [-0.39, 0.29) is 11.9 Å². The Morgan fingerprint density at radius 2 is 2.24 bits per heavy atom. The topological polar surface area (TPSA) is 92.5 Å². The molecule has 1 atom stereocenters. The van der Waals surface area contributed by atoms with E-state index in [1.54, 1.807) is 13.0 Å². The number of nitrogens with zero attached hydrogens (tertiary/aromatic N) is 3. The van der Waals surface area contributed by atoms with E-state index < -0.39 is 0 Å². The number of rotatable bonds is 3. The first kappa shape index (κ1) is 11.3. The molecule has 4 N–H and O–H groups in total. The third-order valence-electron chi connectivity index (χ3n) is 2.45. The number of anilines is 2. The van der Waals surface area contributed by atoms with Gasteiger partial charge in [-0.25, -0.2) is 4.39 Å². The molecule has 0 amide bonds. The number of hydrogen-bond donors (Lipinski definition) is 3. The number of nitrogen functional groups attached to an aromatic ring is 1. The number of nitrogens with two attached hydrogens (primary N) is 1. The largest absolute Gasteiger partial charge is 0.397 e. The standard InChI is InChI=1S/C10H13FN6/c1-5-3-9(8(12)4-7(5)11)13-6(2)10-14-16-17-15-10/h3-4,6,13H,12H2,1-2H3,(H,14,15,16,17). The third-order valence-corrected chi connectivity index (χ3v) is 2.45. The van der Waals surface area contributed by atoms with Crippen molar-refractivity contribution in [3.63, 3.8) is 0 Å². The molecular weight excluding hydrogens is 223 g/mol. The fourth-order valence-corrected chi connectivity index (χ4v) is 1.47. The van der Waals surface area contributed by atoms with Gasteiger partial charge in [0.2, 0.25) is 0 Å². The fraction of sp³-hybridized carbons (Fsp3) is 0.300. The van der Waals surface area contributed by atoms with Crippen molar-refractivity contribution in [3.05, 3.63) is 29.3 Å². The normalized spacial score (nSPS) is 12.4. The van der Waals surface area contributed by atoms with Crippen LogP contribution in [-0.2, 0) is 0 Å². The van der Waals surface area contributed by atoms with Crippen molar-refractivity contribution in [1.29, 1.82) is 0 Å². The van der Waals surface area contributed by atoms with Gasteiger partial charge in [-0.1, -0.05) is 5.21 Å². The highest BCUT2D eigenvalue weighted by atomic mass is 19.1. The van der Waals surface area contributed by atoms with Crippen molar-refractivity contribution in [2.24, 2.45) is 0 Å². The summed E-state index contributed by atoms with van der Waals surface area (Å²) in [5, 5.41) is 16.7. The molecule has 0 bridgehead atoms. The van der Waals surface area contributed by atoms with Crippen molar-refractivity contribution in [2.75, 3.05) is 11.1 Å². The molecule has 0 aliphatic carbocycles. The Morgan fingerprint density at radius 3 is 2.88 bits per heavy atom. The molecule has 0 saturated carbocycles. The van der Waals surface area contributed by atoms with E-state index in [0.29, 0.717) is 22.8 Å². The molecule has 0 aliphatic rings. The smallest absolute Gasteiger partial charge is 0.196 e. The summed E-state index contributed by atoms with van der Waals surface area (Å²) >= 11 is 0. The Bertz CT molecular complexity index is 510. The highest BCUT2D eigenvalue weighted by molar-refractivity contribution is 5.67. The average molecular weight is 236 g/mol. The van der Waals surface area contributed by atoms with E-state index in [1.165, 1.54) is 6.07 Å². The van der Waals surface area contributed by atoms with Crippen LogP contribution in [-0.4, -0.2) is 20.6 Å². The number of aryl methyl sites for hydroxylation is 1. The highest BCUT2D eigenvalue weighted by Gasteiger charge is 2.12. The molecule has 1 unspecified atom stereocenters. The number of benzene rings is 1. The van der Waals surface area contributed by atoms with Gasteiger partial charge in [-0.05, 0) is 31.5 Å². The van der Waals surface area contributed by atoms with E-state index in [4.69, 9.17) is 5.73 Å². The van der Waals surface area contributed by atoms with Crippen molar-refractivity contribution in [2.45, 2.75) is 19.9 Å². The van der Waals surface area contributed by atoms with Crippen molar-refractivity contribution in [3.8, 4) is 0 Å². The second-order valence-corrected chi connectivity index (χ2v) is 3.82. The first-order valence-electron chi connectivity index (χ1n) is 5.13. The van der Waals surface area contributed by atoms with Gasteiger partial charge in [0.1, 0.15) is 5.82 Å². The van der Waals surface area contributed by atoms with E-state index in [0.717, 1.165) is 0 Å². The van der Waals surface area contributed by atoms with E-state index >= 15 is 0 Å². The van der Waals surface area contributed by atoms with Crippen LogP contribution in [0.4, 0.5) is 15.8 Å². The molecule has 90 valence electrons. The van der Waals surface area contributed by atoms with Crippen molar-refractivity contribution in [1.82, 2.24) is 20.6 Å². The van der Waals surface area contributed by atoms with E-state index in [9.17, 15) is 4.39 Å². The number of hydrogen-bond acceptors (Lipinski definition) is 5. The van der Waals surface area contributed by atoms with E-state index in [2.05, 4.69) is 25.9 Å². The maximum absolute atomic E-state index is 13.2. The maximum Gasteiger partial charge on any atom is 0.196 e. The molecule has 0 radical (unpaired) electrons. The molecule has 2 rings (SSSR count). The second kappa shape index (κ2) is 4.36. The van der Waals surface area contributed by atoms with Gasteiger partial charge in [-0.3, -0.25) is 0 Å². The lowest BCUT2D eigenvalue weighted by molar-refractivity contribution is 0.619. The minimum atomic E-state index is -0.319. The van der Waals surface area contributed by atoms with Gasteiger partial charge < -0.3 is 11.1 Å². The van der Waals surface area contributed by atoms with Gasteiger partial charge in [0.25, 0.3) is 0 Å². The number of H-pyrrole nitrogens is 1. The third kappa shape index (κ3) is 2.32. The first-order chi connectivity index (χ1) is 8.08. The van der Waals surface area contributed by atoms with Gasteiger partial charge in [0, 0.05) is 0 Å². The first-order valence-corrected chi connectivity index (χ1v) is 5.13. The summed E-state index contributed by atoms with van der Waals surface area (Å²) in [5.41, 5.74) is 7.26. The fourth-order valence-electron chi connectivity index (χ4n) is 1.47. The number of nitrogens with one attached hydrogen (secondary N) is 2. The van der Waals surface area contributed by atoms with Crippen molar-refractivity contribution < 1.29 is 4.39 Å². The monoisotopic (exact) mass is 236 g/mol. The summed E-state index contributed by atoms with van der Waals surface area (Å²) in [7, 11) is 0. The molecule has 17 heavy (non-hydrogen) atoms. The van der Waals surface area contributed by atoms with Crippen molar-refractivity contribution >= 4 is 11.4 Å². The number of aromatic amines is 1. The summed E-state index contributed by atoms with van der Waals surface area (Å²) in [6.07, 6.45) is 0. The van der Waals surface area contributed by atoms with E-state index in [1.807, 2.05) is 6.92 Å². The van der Waals surface area contributed by atoms with Crippen LogP contribution >= 0.6 is 0 Å². The minimum absolute atomic E-state index is 0.166. The maximum atomic E-state index is 13.2. The number of tetrazole rings is 1. The zero-order valence-electron chi connectivity index (χ0n) is 9.53. The summed E-state index contributed by atoms with van der Waals surface area (Å²) in [5.74, 6) is 0.201. The van der Waals surface area contributed by atoms with Gasteiger partial charge in [0.15, 0.2) is 5.82 Å². The molecule has 0 saturated heterocycles. The Hall–Kier alpha value is -2.18. The molecular formula is C10H13FN6. The summed E-state index contributed by atoms with van der Waals surface area (Å²) < 4.78 is 13.2. The van der Waals surface area contributed by atoms with Crippen LogP contribution in [0.15, 0.2) is 12.1 Å². The Morgan fingerprint density at radius 1 is 1.47 bits per heavy atom. The lowest BCUT2D eigenvalue weighted by Crippen LogP contribution is -2.10. The number of halogens is 1. The summed E-state index contributed by atoms with van der Waals surface area (Å²) in [6.45, 7) is 3.54. The molecule has 1 aromatic carbocycles. The van der Waals surface area contributed by atoms with Gasteiger partial charge in [-0.2, -0.15) is 5.21 Å². The van der Waals surface area contributed by atoms with Crippen LogP contribution in [0.5, 0.6) is 0 Å². The van der Waals surface area contributed by atoms with Crippen LogP contribution < -0.4 is 11.1 Å². The van der Waals surface area contributed by atoms with Crippen LogP contribution in [0.1, 0.15) is 24.4 Å². The second-order valence-electron chi connectivity index (χ2n) is 3.82. The lowest BCUT2D eigenvalue weighted by Gasteiger charge is -2.14. The molecule has 0 aliphatic heterocycles. The quantitative estimate of drug-likeness (QED) is 0.700.